The molecule has 6 N–H and O–H groups in total. The number of aliphatic carboxylic acids is 1. The highest BCUT2D eigenvalue weighted by Gasteiger charge is 2.50. The zero-order valence-electron chi connectivity index (χ0n) is 16.1. The van der Waals surface area contributed by atoms with Gasteiger partial charge in [-0.2, -0.15) is 0 Å². The van der Waals surface area contributed by atoms with E-state index in [1.54, 1.807) is 7.05 Å². The Labute approximate surface area is 165 Å². The van der Waals surface area contributed by atoms with Crippen LogP contribution in [-0.4, -0.2) is 74.2 Å². The Bertz CT molecular complexity index is 837. The number of carboxylic acid groups (broad SMARTS) is 1. The fourth-order valence-electron chi connectivity index (χ4n) is 3.17. The normalized spacial score (nSPS) is 26.1. The number of unbranched alkanes of at least 4 members (excludes halogenated alkanes) is 1. The minimum atomic E-state index is -1.70. The van der Waals surface area contributed by atoms with Crippen molar-refractivity contribution < 1.29 is 29.6 Å². The molecule has 2 heterocycles. The lowest BCUT2D eigenvalue weighted by atomic mass is 10.0. The molecular weight excluding hydrogens is 388 g/mol. The van der Waals surface area contributed by atoms with Gasteiger partial charge in [0.25, 0.3) is 5.56 Å². The molecule has 6 atom stereocenters. The third-order valence-electron chi connectivity index (χ3n) is 4.80. The first-order valence-electron chi connectivity index (χ1n) is 9.24. The topological polar surface area (TPSA) is 183 Å². The van der Waals surface area contributed by atoms with Gasteiger partial charge in [-0.25, -0.2) is 9.59 Å². The van der Waals surface area contributed by atoms with Crippen LogP contribution in [-0.2, 0) is 14.3 Å². The van der Waals surface area contributed by atoms with Crippen LogP contribution >= 0.6 is 0 Å². The lowest BCUT2D eigenvalue weighted by Gasteiger charge is -2.25. The molecule has 162 valence electrons. The maximum Gasteiger partial charge on any atom is 0.330 e. The Morgan fingerprint density at radius 3 is 2.55 bits per heavy atom. The Morgan fingerprint density at radius 2 is 2.00 bits per heavy atom. The van der Waals surface area contributed by atoms with Gasteiger partial charge in [0.2, 0.25) is 5.91 Å². The number of carbonyl (C=O) groups excluding carboxylic acids is 1. The number of hydrogen-bond acceptors (Lipinski definition) is 8. The number of aliphatic hydroxyl groups excluding tert-OH is 2. The zero-order chi connectivity index (χ0) is 21.7. The maximum absolute atomic E-state index is 12.5. The number of nitrogens with one attached hydrogen (secondary N) is 3. The first kappa shape index (κ1) is 22.7. The summed E-state index contributed by atoms with van der Waals surface area (Å²) in [7, 11) is 1.57. The van der Waals surface area contributed by atoms with Crippen molar-refractivity contribution >= 4 is 11.9 Å². The summed E-state index contributed by atoms with van der Waals surface area (Å²) in [6.45, 7) is 1.95. The molecule has 1 aliphatic rings. The molecule has 0 spiro atoms. The molecule has 1 saturated heterocycles. The summed E-state index contributed by atoms with van der Waals surface area (Å²) in [5.41, 5.74) is -1.57. The number of hydrogen-bond donors (Lipinski definition) is 6. The molecule has 1 fully saturated rings. The molecule has 1 aromatic rings. The van der Waals surface area contributed by atoms with Gasteiger partial charge in [0.05, 0.1) is 6.04 Å². The smallest absolute Gasteiger partial charge is 0.330 e. The second-order valence-corrected chi connectivity index (χ2v) is 6.80. The van der Waals surface area contributed by atoms with Gasteiger partial charge in [0.15, 0.2) is 12.3 Å². The first-order valence-corrected chi connectivity index (χ1v) is 9.24. The van der Waals surface area contributed by atoms with Crippen LogP contribution in [0.3, 0.4) is 0 Å². The van der Waals surface area contributed by atoms with E-state index in [1.165, 1.54) is 0 Å². The van der Waals surface area contributed by atoms with Crippen molar-refractivity contribution in [3.8, 4) is 0 Å². The molecular formula is C17H26N4O8. The number of carbonyl (C=O) groups is 2. The number of amides is 1. The highest BCUT2D eigenvalue weighted by Crippen LogP contribution is 2.30. The highest BCUT2D eigenvalue weighted by atomic mass is 16.6. The van der Waals surface area contributed by atoms with Crippen molar-refractivity contribution in [3.05, 3.63) is 33.1 Å². The van der Waals surface area contributed by atoms with E-state index in [2.05, 4.69) is 10.6 Å². The number of H-pyrrole nitrogens is 1. The van der Waals surface area contributed by atoms with Crippen LogP contribution in [0.4, 0.5) is 0 Å². The van der Waals surface area contributed by atoms with Crippen LogP contribution < -0.4 is 21.9 Å². The van der Waals surface area contributed by atoms with Gasteiger partial charge < -0.3 is 30.7 Å². The minimum Gasteiger partial charge on any atom is -0.480 e. The van der Waals surface area contributed by atoms with Crippen LogP contribution in [0.25, 0.3) is 0 Å². The average Bonchev–Trinajstić information content (AvgIpc) is 2.95. The molecule has 0 aromatic carbocycles. The largest absolute Gasteiger partial charge is 0.480 e. The quantitative estimate of drug-likeness (QED) is 0.254. The van der Waals surface area contributed by atoms with E-state index in [4.69, 9.17) is 4.74 Å². The molecule has 0 aliphatic carbocycles. The number of aromatic amines is 1. The van der Waals surface area contributed by atoms with E-state index >= 15 is 0 Å². The van der Waals surface area contributed by atoms with Gasteiger partial charge in [-0.3, -0.25) is 19.1 Å². The third kappa shape index (κ3) is 5.09. The number of rotatable bonds is 9. The average molecular weight is 414 g/mol. The SMILES string of the molecule is CCCCC(NC)C(=O)NC(C(=O)O)[C@H]1O[C@@H](n2ccc(=O)[nH]c2=O)[C@H](O)[C@@H]1O. The number of aliphatic hydroxyl groups is 2. The first-order chi connectivity index (χ1) is 13.7. The fourth-order valence-corrected chi connectivity index (χ4v) is 3.17. The second kappa shape index (κ2) is 9.78. The molecule has 0 bridgehead atoms. The molecule has 1 amide bonds. The predicted molar refractivity (Wildman–Crippen MR) is 99.2 cm³/mol. The summed E-state index contributed by atoms with van der Waals surface area (Å²) in [5, 5.41) is 35.2. The van der Waals surface area contributed by atoms with Crippen molar-refractivity contribution in [2.75, 3.05) is 7.05 Å². The number of likely N-dealkylation sites (N-methyl/N-ethyl adjacent to an activating group) is 1. The van der Waals surface area contributed by atoms with Crippen molar-refractivity contribution in [1.29, 1.82) is 0 Å². The van der Waals surface area contributed by atoms with Crippen molar-refractivity contribution in [2.45, 2.75) is 62.8 Å². The summed E-state index contributed by atoms with van der Waals surface area (Å²) in [4.78, 5) is 49.3. The summed E-state index contributed by atoms with van der Waals surface area (Å²) in [6, 6.07) is -1.30. The molecule has 2 unspecified atom stereocenters. The van der Waals surface area contributed by atoms with Gasteiger partial charge in [-0.05, 0) is 13.5 Å². The highest BCUT2D eigenvalue weighted by molar-refractivity contribution is 5.87. The summed E-state index contributed by atoms with van der Waals surface area (Å²) >= 11 is 0. The summed E-state index contributed by atoms with van der Waals surface area (Å²) in [5.74, 6) is -2.07. The van der Waals surface area contributed by atoms with Crippen molar-refractivity contribution in [3.63, 3.8) is 0 Å². The Kier molecular flexibility index (Phi) is 7.67. The molecule has 1 aromatic heterocycles. The lowest BCUT2D eigenvalue weighted by molar-refractivity contribution is -0.149. The van der Waals surface area contributed by atoms with E-state index in [9.17, 15) is 34.5 Å². The fraction of sp³-hybridized carbons (Fsp3) is 0.647. The van der Waals surface area contributed by atoms with Gasteiger partial charge in [0, 0.05) is 12.3 Å². The molecule has 1 aliphatic heterocycles. The van der Waals surface area contributed by atoms with Gasteiger partial charge in [0.1, 0.15) is 18.3 Å². The number of aromatic nitrogens is 2. The number of carboxylic acids is 1. The zero-order valence-corrected chi connectivity index (χ0v) is 16.1. The monoisotopic (exact) mass is 414 g/mol. The number of nitrogens with zero attached hydrogens (tertiary/aromatic N) is 1. The Morgan fingerprint density at radius 1 is 1.31 bits per heavy atom. The Balaban J connectivity index is 2.22. The standard InChI is InChI=1S/C17H26N4O8/c1-3-4-5-8(18-2)14(25)20-10(16(26)27)13-11(23)12(24)15(29-13)21-7-6-9(22)19-17(21)28/h6-8,10-13,15,18,23-24H,3-5H2,1-2H3,(H,20,25)(H,26,27)(H,19,22,28)/t8?,10?,11-,12+,13+,15+/m0/s1. The van der Waals surface area contributed by atoms with Gasteiger partial charge >= 0.3 is 11.7 Å². The second-order valence-electron chi connectivity index (χ2n) is 6.80. The molecule has 0 radical (unpaired) electrons. The molecule has 12 nitrogen and oxygen atoms in total. The van der Waals surface area contributed by atoms with Crippen LogP contribution in [0.15, 0.2) is 21.9 Å². The minimum absolute atomic E-state index is 0.483. The molecule has 29 heavy (non-hydrogen) atoms. The van der Waals surface area contributed by atoms with Gasteiger partial charge in [-0.15, -0.1) is 0 Å². The van der Waals surface area contributed by atoms with Crippen LogP contribution in [0.2, 0.25) is 0 Å². The van der Waals surface area contributed by atoms with Crippen LogP contribution in [0.1, 0.15) is 32.4 Å². The molecule has 12 heteroatoms. The van der Waals surface area contributed by atoms with E-state index in [0.29, 0.717) is 6.42 Å². The molecule has 0 saturated carbocycles. The lowest BCUT2D eigenvalue weighted by Crippen LogP contribution is -2.56. The predicted octanol–water partition coefficient (Wildman–Crippen LogP) is -2.50. The summed E-state index contributed by atoms with van der Waals surface area (Å²) < 4.78 is 6.26. The van der Waals surface area contributed by atoms with E-state index < -0.39 is 59.7 Å². The van der Waals surface area contributed by atoms with Gasteiger partial charge in [-0.1, -0.05) is 19.8 Å². The summed E-state index contributed by atoms with van der Waals surface area (Å²) in [6.07, 6.45) is -3.21. The van der Waals surface area contributed by atoms with E-state index in [-0.39, 0.29) is 0 Å². The molecule has 2 rings (SSSR count). The van der Waals surface area contributed by atoms with Crippen molar-refractivity contribution in [1.82, 2.24) is 20.2 Å². The Hall–Kier alpha value is -2.54. The van der Waals surface area contributed by atoms with Crippen LogP contribution in [0, 0.1) is 0 Å². The third-order valence-corrected chi connectivity index (χ3v) is 4.80. The van der Waals surface area contributed by atoms with E-state index in [1.807, 2.05) is 11.9 Å². The maximum atomic E-state index is 12.5. The van der Waals surface area contributed by atoms with E-state index in [0.717, 1.165) is 29.7 Å². The number of ether oxygens (including phenoxy) is 1. The van der Waals surface area contributed by atoms with Crippen LogP contribution in [0.5, 0.6) is 0 Å². The van der Waals surface area contributed by atoms with Crippen molar-refractivity contribution in [2.24, 2.45) is 0 Å².